The monoisotopic (exact) mass is 461 g/mol. The highest BCUT2D eigenvalue weighted by Crippen LogP contribution is 2.24. The van der Waals surface area contributed by atoms with Crippen LogP contribution < -0.4 is 15.9 Å². The minimum atomic E-state index is -0.918. The smallest absolute Gasteiger partial charge is 0.349 e. The molecular weight excluding hydrogens is 430 g/mol. The summed E-state index contributed by atoms with van der Waals surface area (Å²) in [7, 11) is 0. The molecule has 0 radical (unpaired) electrons. The van der Waals surface area contributed by atoms with Crippen LogP contribution in [0.2, 0.25) is 0 Å². The van der Waals surface area contributed by atoms with Gasteiger partial charge in [-0.2, -0.15) is 4.98 Å². The van der Waals surface area contributed by atoms with E-state index in [1.54, 1.807) is 12.4 Å². The average Bonchev–Trinajstić information content (AvgIpc) is 2.86. The Morgan fingerprint density at radius 1 is 1.15 bits per heavy atom. The summed E-state index contributed by atoms with van der Waals surface area (Å²) < 4.78 is 1.43. The number of carboxylic acids is 1. The molecule has 1 atom stereocenters. The zero-order valence-electron chi connectivity index (χ0n) is 19.4. The molecule has 0 spiro atoms. The average molecular weight is 462 g/mol. The van der Waals surface area contributed by atoms with Crippen LogP contribution in [0.25, 0.3) is 0 Å². The van der Waals surface area contributed by atoms with Gasteiger partial charge in [-0.3, -0.25) is 9.36 Å². The van der Waals surface area contributed by atoms with Crippen LogP contribution in [-0.2, 0) is 17.8 Å². The van der Waals surface area contributed by atoms with Crippen molar-refractivity contribution in [2.24, 2.45) is 11.8 Å². The van der Waals surface area contributed by atoms with Crippen LogP contribution in [0.3, 0.4) is 0 Å². The van der Waals surface area contributed by atoms with Crippen molar-refractivity contribution in [3.05, 3.63) is 82.5 Å². The highest BCUT2D eigenvalue weighted by Gasteiger charge is 2.24. The predicted octanol–water partition coefficient (Wildman–Crippen LogP) is 3.22. The summed E-state index contributed by atoms with van der Waals surface area (Å²) in [5.41, 5.74) is 1.41. The molecule has 3 aromatic rings. The second kappa shape index (κ2) is 11.0. The third-order valence-corrected chi connectivity index (χ3v) is 6.39. The first-order chi connectivity index (χ1) is 16.5. The summed E-state index contributed by atoms with van der Waals surface area (Å²) >= 11 is 0. The van der Waals surface area contributed by atoms with E-state index in [1.807, 2.05) is 55.5 Å². The Hall–Kier alpha value is -3.68. The first-order valence-electron chi connectivity index (χ1n) is 11.7. The van der Waals surface area contributed by atoms with E-state index in [4.69, 9.17) is 0 Å². The van der Waals surface area contributed by atoms with Gasteiger partial charge in [0.05, 0.1) is 5.92 Å². The number of pyridine rings is 1. The summed E-state index contributed by atoms with van der Waals surface area (Å²) in [4.78, 5) is 35.4. The van der Waals surface area contributed by atoms with E-state index in [0.717, 1.165) is 49.4 Å². The van der Waals surface area contributed by atoms with Crippen molar-refractivity contribution in [2.45, 2.75) is 32.7 Å². The standard InChI is InChI=1S/C26H31N5O3/c1-19-17-31(18-22(25(32)33)15-20-7-3-2-4-8-20)26(34)29-24(19)30-13-10-21(11-14-30)16-28-23-9-5-6-12-27-23/h2-9,12,17,21-22H,10-11,13-16,18H2,1H3,(H,27,28)(H,32,33)/t22-/m0/s1. The number of aromatic nitrogens is 3. The minimum absolute atomic E-state index is 0.0957. The highest BCUT2D eigenvalue weighted by molar-refractivity contribution is 5.70. The molecule has 1 fully saturated rings. The molecule has 0 saturated carbocycles. The van der Waals surface area contributed by atoms with Gasteiger partial charge in [0.15, 0.2) is 0 Å². The number of nitrogens with one attached hydrogen (secondary N) is 1. The fourth-order valence-electron chi connectivity index (χ4n) is 4.47. The topological polar surface area (TPSA) is 100 Å². The lowest BCUT2D eigenvalue weighted by Crippen LogP contribution is -2.39. The lowest BCUT2D eigenvalue weighted by molar-refractivity contribution is -0.142. The van der Waals surface area contributed by atoms with Gasteiger partial charge < -0.3 is 15.3 Å². The number of anilines is 2. The van der Waals surface area contributed by atoms with Crippen LogP contribution in [-0.4, -0.2) is 45.2 Å². The Bertz CT molecular complexity index is 1140. The molecule has 1 saturated heterocycles. The summed E-state index contributed by atoms with van der Waals surface area (Å²) in [6.45, 7) is 4.56. The third kappa shape index (κ3) is 6.01. The summed E-state index contributed by atoms with van der Waals surface area (Å²) in [6.07, 6.45) is 5.90. The Morgan fingerprint density at radius 2 is 1.88 bits per heavy atom. The minimum Gasteiger partial charge on any atom is -0.481 e. The van der Waals surface area contributed by atoms with Gasteiger partial charge >= 0.3 is 11.7 Å². The number of carbonyl (C=O) groups is 1. The van der Waals surface area contributed by atoms with Crippen molar-refractivity contribution in [1.82, 2.24) is 14.5 Å². The van der Waals surface area contributed by atoms with Crippen LogP contribution in [0, 0.1) is 18.8 Å². The molecule has 34 heavy (non-hydrogen) atoms. The largest absolute Gasteiger partial charge is 0.481 e. The van der Waals surface area contributed by atoms with E-state index >= 15 is 0 Å². The first kappa shape index (κ1) is 23.5. The molecule has 2 N–H and O–H groups in total. The molecule has 8 nitrogen and oxygen atoms in total. The number of carboxylic acid groups (broad SMARTS) is 1. The summed E-state index contributed by atoms with van der Waals surface area (Å²) in [5, 5.41) is 13.1. The van der Waals surface area contributed by atoms with E-state index in [0.29, 0.717) is 18.2 Å². The molecule has 4 rings (SSSR count). The maximum absolute atomic E-state index is 12.8. The van der Waals surface area contributed by atoms with Gasteiger partial charge in [-0.25, -0.2) is 9.78 Å². The van der Waals surface area contributed by atoms with Crippen molar-refractivity contribution >= 4 is 17.6 Å². The van der Waals surface area contributed by atoms with E-state index < -0.39 is 17.6 Å². The van der Waals surface area contributed by atoms with Crippen molar-refractivity contribution in [3.8, 4) is 0 Å². The van der Waals surface area contributed by atoms with Gasteiger partial charge in [-0.15, -0.1) is 0 Å². The van der Waals surface area contributed by atoms with Crippen molar-refractivity contribution in [2.75, 3.05) is 29.9 Å². The number of hydrogen-bond donors (Lipinski definition) is 2. The normalized spacial score (nSPS) is 15.1. The summed E-state index contributed by atoms with van der Waals surface area (Å²) in [5.74, 6) is 0.506. The Kier molecular flexibility index (Phi) is 7.57. The van der Waals surface area contributed by atoms with Gasteiger partial charge in [0.25, 0.3) is 0 Å². The third-order valence-electron chi connectivity index (χ3n) is 6.39. The van der Waals surface area contributed by atoms with Crippen LogP contribution in [0.15, 0.2) is 65.7 Å². The van der Waals surface area contributed by atoms with E-state index in [9.17, 15) is 14.7 Å². The van der Waals surface area contributed by atoms with Crippen LogP contribution >= 0.6 is 0 Å². The molecule has 178 valence electrons. The van der Waals surface area contributed by atoms with Crippen molar-refractivity contribution in [1.29, 1.82) is 0 Å². The van der Waals surface area contributed by atoms with E-state index in [1.165, 1.54) is 4.57 Å². The molecule has 1 aliphatic rings. The lowest BCUT2D eigenvalue weighted by Gasteiger charge is -2.33. The van der Waals surface area contributed by atoms with Gasteiger partial charge in [0, 0.05) is 44.1 Å². The molecule has 3 heterocycles. The fourth-order valence-corrected chi connectivity index (χ4v) is 4.47. The Labute approximate surface area is 199 Å². The zero-order valence-corrected chi connectivity index (χ0v) is 19.4. The predicted molar refractivity (Wildman–Crippen MR) is 132 cm³/mol. The number of piperidine rings is 1. The lowest BCUT2D eigenvalue weighted by atomic mass is 9.96. The maximum Gasteiger partial charge on any atom is 0.349 e. The molecule has 0 amide bonds. The molecule has 1 aromatic carbocycles. The van der Waals surface area contributed by atoms with Crippen molar-refractivity contribution in [3.63, 3.8) is 0 Å². The fraction of sp³-hybridized carbons (Fsp3) is 0.385. The molecule has 2 aromatic heterocycles. The van der Waals surface area contributed by atoms with Crippen LogP contribution in [0.4, 0.5) is 11.6 Å². The molecule has 0 aliphatic carbocycles. The second-order valence-electron chi connectivity index (χ2n) is 8.93. The SMILES string of the molecule is Cc1cn(C[C@H](Cc2ccccc2)C(=O)O)c(=O)nc1N1CCC(CNc2ccccn2)CC1. The molecule has 1 aliphatic heterocycles. The van der Waals surface area contributed by atoms with Crippen molar-refractivity contribution < 1.29 is 9.90 Å². The Balaban J connectivity index is 1.37. The van der Waals surface area contributed by atoms with E-state index in [2.05, 4.69) is 20.2 Å². The number of aliphatic carboxylic acids is 1. The first-order valence-corrected chi connectivity index (χ1v) is 11.7. The molecular formula is C26H31N5O3. The number of benzene rings is 1. The quantitative estimate of drug-likeness (QED) is 0.505. The van der Waals surface area contributed by atoms with Crippen LogP contribution in [0.1, 0.15) is 24.0 Å². The maximum atomic E-state index is 12.8. The van der Waals surface area contributed by atoms with Crippen LogP contribution in [0.5, 0.6) is 0 Å². The molecule has 0 bridgehead atoms. The second-order valence-corrected chi connectivity index (χ2v) is 8.93. The number of nitrogens with zero attached hydrogens (tertiary/aromatic N) is 4. The molecule has 8 heteroatoms. The van der Waals surface area contributed by atoms with Gasteiger partial charge in [0.1, 0.15) is 11.6 Å². The number of aryl methyl sites for hydroxylation is 1. The zero-order chi connectivity index (χ0) is 23.9. The number of hydrogen-bond acceptors (Lipinski definition) is 6. The van der Waals surface area contributed by atoms with E-state index in [-0.39, 0.29) is 6.54 Å². The highest BCUT2D eigenvalue weighted by atomic mass is 16.4. The number of rotatable bonds is 9. The van der Waals surface area contributed by atoms with Gasteiger partial charge in [-0.1, -0.05) is 36.4 Å². The van der Waals surface area contributed by atoms with Gasteiger partial charge in [-0.05, 0) is 49.8 Å². The summed E-state index contributed by atoms with van der Waals surface area (Å²) in [6, 6.07) is 15.3. The Morgan fingerprint density at radius 3 is 2.56 bits per heavy atom. The molecule has 0 unspecified atom stereocenters. The van der Waals surface area contributed by atoms with Gasteiger partial charge in [0.2, 0.25) is 0 Å².